The Kier molecular flexibility index (Phi) is 5.24. The SMILES string of the molecule is COC(CCC(C)=O)c1cc(Cl)ccc1C1=NC(C)(C)CO1. The number of ketones is 1. The number of Topliss-reactive ketones (excluding diaryl/α,β-unsaturated/α-hetero) is 1. The molecule has 0 fully saturated rings. The Morgan fingerprint density at radius 3 is 2.77 bits per heavy atom. The summed E-state index contributed by atoms with van der Waals surface area (Å²) in [6, 6.07) is 5.58. The van der Waals surface area contributed by atoms with Gasteiger partial charge >= 0.3 is 0 Å². The first-order chi connectivity index (χ1) is 10.3. The van der Waals surface area contributed by atoms with Crippen molar-refractivity contribution in [2.75, 3.05) is 13.7 Å². The number of hydrogen-bond donors (Lipinski definition) is 0. The van der Waals surface area contributed by atoms with Gasteiger partial charge in [-0.05, 0) is 51.0 Å². The first kappa shape index (κ1) is 17.0. The van der Waals surface area contributed by atoms with E-state index in [1.807, 2.05) is 32.0 Å². The molecule has 0 bridgehead atoms. The van der Waals surface area contributed by atoms with Crippen LogP contribution < -0.4 is 0 Å². The molecule has 22 heavy (non-hydrogen) atoms. The second kappa shape index (κ2) is 6.80. The third-order valence-electron chi connectivity index (χ3n) is 3.60. The van der Waals surface area contributed by atoms with Crippen molar-refractivity contribution in [3.05, 3.63) is 34.3 Å². The van der Waals surface area contributed by atoms with E-state index in [9.17, 15) is 4.79 Å². The molecule has 1 aliphatic heterocycles. The normalized spacial score (nSPS) is 17.8. The van der Waals surface area contributed by atoms with Crippen LogP contribution in [-0.4, -0.2) is 30.9 Å². The highest BCUT2D eigenvalue weighted by molar-refractivity contribution is 6.30. The van der Waals surface area contributed by atoms with Crippen molar-refractivity contribution in [1.29, 1.82) is 0 Å². The van der Waals surface area contributed by atoms with Gasteiger partial charge in [-0.3, -0.25) is 0 Å². The first-order valence-corrected chi connectivity index (χ1v) is 7.75. The molecule has 0 saturated heterocycles. The average molecular weight is 324 g/mol. The molecule has 0 N–H and O–H groups in total. The van der Waals surface area contributed by atoms with Gasteiger partial charge in [-0.2, -0.15) is 0 Å². The lowest BCUT2D eigenvalue weighted by Gasteiger charge is -2.19. The van der Waals surface area contributed by atoms with Gasteiger partial charge in [0.05, 0.1) is 11.6 Å². The minimum Gasteiger partial charge on any atom is -0.475 e. The summed E-state index contributed by atoms with van der Waals surface area (Å²) < 4.78 is 11.3. The molecule has 1 unspecified atom stereocenters. The smallest absolute Gasteiger partial charge is 0.217 e. The zero-order valence-corrected chi connectivity index (χ0v) is 14.2. The topological polar surface area (TPSA) is 47.9 Å². The predicted octanol–water partition coefficient (Wildman–Crippen LogP) is 3.95. The highest BCUT2D eigenvalue weighted by Gasteiger charge is 2.29. The van der Waals surface area contributed by atoms with Crippen LogP contribution in [0, 0.1) is 0 Å². The lowest BCUT2D eigenvalue weighted by atomic mass is 9.98. The van der Waals surface area contributed by atoms with Crippen LogP contribution >= 0.6 is 11.6 Å². The number of ether oxygens (including phenoxy) is 2. The summed E-state index contributed by atoms with van der Waals surface area (Å²) in [6.07, 6.45) is 0.853. The van der Waals surface area contributed by atoms with Gasteiger partial charge < -0.3 is 14.3 Å². The zero-order chi connectivity index (χ0) is 16.3. The van der Waals surface area contributed by atoms with Gasteiger partial charge in [-0.1, -0.05) is 11.6 Å². The minimum absolute atomic E-state index is 0.140. The largest absolute Gasteiger partial charge is 0.475 e. The third-order valence-corrected chi connectivity index (χ3v) is 3.84. The Labute approximate surface area is 136 Å². The maximum atomic E-state index is 11.3. The number of carbonyl (C=O) groups excluding carboxylic acids is 1. The monoisotopic (exact) mass is 323 g/mol. The van der Waals surface area contributed by atoms with Gasteiger partial charge in [0.15, 0.2) is 0 Å². The summed E-state index contributed by atoms with van der Waals surface area (Å²) in [5.41, 5.74) is 1.56. The number of rotatable bonds is 6. The molecule has 120 valence electrons. The van der Waals surface area contributed by atoms with Crippen LogP contribution in [0.15, 0.2) is 23.2 Å². The molecule has 5 heteroatoms. The van der Waals surface area contributed by atoms with Crippen LogP contribution in [0.2, 0.25) is 5.02 Å². The lowest BCUT2D eigenvalue weighted by molar-refractivity contribution is -0.117. The Bertz CT molecular complexity index is 596. The molecule has 1 aromatic rings. The Hall–Kier alpha value is -1.39. The van der Waals surface area contributed by atoms with Gasteiger partial charge in [-0.15, -0.1) is 0 Å². The van der Waals surface area contributed by atoms with Crippen LogP contribution in [0.3, 0.4) is 0 Å². The second-order valence-electron chi connectivity index (χ2n) is 6.21. The molecule has 1 aromatic carbocycles. The molecule has 0 radical (unpaired) electrons. The van der Waals surface area contributed by atoms with Gasteiger partial charge in [0, 0.05) is 24.1 Å². The van der Waals surface area contributed by atoms with Crippen molar-refractivity contribution in [3.63, 3.8) is 0 Å². The molecular weight excluding hydrogens is 302 g/mol. The lowest BCUT2D eigenvalue weighted by Crippen LogP contribution is -2.17. The number of benzene rings is 1. The summed E-state index contributed by atoms with van der Waals surface area (Å²) in [4.78, 5) is 15.9. The summed E-state index contributed by atoms with van der Waals surface area (Å²) >= 11 is 6.14. The number of halogens is 1. The maximum Gasteiger partial charge on any atom is 0.217 e. The summed E-state index contributed by atoms with van der Waals surface area (Å²) in [6.45, 7) is 6.19. The van der Waals surface area contributed by atoms with Crippen molar-refractivity contribution in [2.24, 2.45) is 4.99 Å². The summed E-state index contributed by atoms with van der Waals surface area (Å²) in [7, 11) is 1.64. The fraction of sp³-hybridized carbons (Fsp3) is 0.529. The standard InChI is InChI=1S/C17H22ClNO3/c1-11(20)5-8-15(21-4)14-9-12(18)6-7-13(14)16-19-17(2,3)10-22-16/h6-7,9,15H,5,8,10H2,1-4H3. The van der Waals surface area contributed by atoms with Crippen LogP contribution in [0.1, 0.15) is 50.8 Å². The molecule has 0 spiro atoms. The number of hydrogen-bond acceptors (Lipinski definition) is 4. The Morgan fingerprint density at radius 1 is 1.50 bits per heavy atom. The van der Waals surface area contributed by atoms with Crippen LogP contribution in [-0.2, 0) is 14.3 Å². The molecule has 0 aliphatic carbocycles. The highest BCUT2D eigenvalue weighted by atomic mass is 35.5. The second-order valence-corrected chi connectivity index (χ2v) is 6.65. The molecule has 0 saturated carbocycles. The number of methoxy groups -OCH3 is 1. The molecule has 1 heterocycles. The Morgan fingerprint density at radius 2 is 2.23 bits per heavy atom. The third kappa shape index (κ3) is 4.08. The summed E-state index contributed by atoms with van der Waals surface area (Å²) in [5.74, 6) is 0.753. The van der Waals surface area contributed by atoms with Crippen molar-refractivity contribution >= 4 is 23.3 Å². The van der Waals surface area contributed by atoms with Crippen LogP contribution in [0.25, 0.3) is 0 Å². The fourth-order valence-electron chi connectivity index (χ4n) is 2.45. The van der Waals surface area contributed by atoms with Crippen molar-refractivity contribution in [3.8, 4) is 0 Å². The van der Waals surface area contributed by atoms with Gasteiger partial charge in [-0.25, -0.2) is 4.99 Å². The van der Waals surface area contributed by atoms with E-state index in [4.69, 9.17) is 21.1 Å². The van der Waals surface area contributed by atoms with E-state index in [1.54, 1.807) is 14.0 Å². The highest BCUT2D eigenvalue weighted by Crippen LogP contribution is 2.31. The predicted molar refractivity (Wildman–Crippen MR) is 87.7 cm³/mol. The molecule has 1 atom stereocenters. The number of carbonyl (C=O) groups is 1. The quantitative estimate of drug-likeness (QED) is 0.796. The van der Waals surface area contributed by atoms with E-state index in [-0.39, 0.29) is 17.4 Å². The van der Waals surface area contributed by atoms with Gasteiger partial charge in [0.25, 0.3) is 0 Å². The zero-order valence-electron chi connectivity index (χ0n) is 13.5. The van der Waals surface area contributed by atoms with E-state index >= 15 is 0 Å². The molecule has 1 aliphatic rings. The number of aliphatic imine (C=N–C) groups is 1. The molecular formula is C17H22ClNO3. The molecule has 4 nitrogen and oxygen atoms in total. The van der Waals surface area contributed by atoms with Gasteiger partial charge in [0.2, 0.25) is 5.90 Å². The van der Waals surface area contributed by atoms with E-state index < -0.39 is 0 Å². The van der Waals surface area contributed by atoms with E-state index in [2.05, 4.69) is 4.99 Å². The van der Waals surface area contributed by atoms with Crippen LogP contribution in [0.5, 0.6) is 0 Å². The molecule has 0 amide bonds. The number of nitrogens with zero attached hydrogens (tertiary/aromatic N) is 1. The van der Waals surface area contributed by atoms with Crippen LogP contribution in [0.4, 0.5) is 0 Å². The summed E-state index contributed by atoms with van der Waals surface area (Å²) in [5, 5.41) is 0.626. The minimum atomic E-state index is -0.228. The molecule has 0 aromatic heterocycles. The van der Waals surface area contributed by atoms with Gasteiger partial charge in [0.1, 0.15) is 12.4 Å². The average Bonchev–Trinajstić information content (AvgIpc) is 2.79. The molecule has 2 rings (SSSR count). The van der Waals surface area contributed by atoms with E-state index in [0.717, 1.165) is 11.1 Å². The fourth-order valence-corrected chi connectivity index (χ4v) is 2.63. The Balaban J connectivity index is 2.37. The van der Waals surface area contributed by atoms with Crippen molar-refractivity contribution in [2.45, 2.75) is 45.3 Å². The van der Waals surface area contributed by atoms with Crippen molar-refractivity contribution < 1.29 is 14.3 Å². The van der Waals surface area contributed by atoms with E-state index in [1.165, 1.54) is 0 Å². The van der Waals surface area contributed by atoms with E-state index in [0.29, 0.717) is 30.4 Å². The first-order valence-electron chi connectivity index (χ1n) is 7.37. The van der Waals surface area contributed by atoms with Crippen molar-refractivity contribution in [1.82, 2.24) is 0 Å². The maximum absolute atomic E-state index is 11.3.